The van der Waals surface area contributed by atoms with Crippen LogP contribution < -0.4 is 10.3 Å². The van der Waals surface area contributed by atoms with Gasteiger partial charge < -0.3 is 0 Å². The third-order valence-corrected chi connectivity index (χ3v) is 6.78. The number of fused-ring (bicyclic) bond motifs is 2. The molecule has 0 fully saturated rings. The molecule has 0 amide bonds. The summed E-state index contributed by atoms with van der Waals surface area (Å²) in [7, 11) is -3.88. The third kappa shape index (κ3) is 3.85. The highest BCUT2D eigenvalue weighted by Gasteiger charge is 2.17. The van der Waals surface area contributed by atoms with Crippen LogP contribution in [-0.4, -0.2) is 18.0 Å². The fourth-order valence-corrected chi connectivity index (χ4v) is 4.89. The first-order chi connectivity index (χ1) is 15.8. The van der Waals surface area contributed by atoms with Gasteiger partial charge in [-0.05, 0) is 72.3 Å². The van der Waals surface area contributed by atoms with Crippen molar-refractivity contribution in [1.82, 2.24) is 9.55 Å². The first-order valence-electron chi connectivity index (χ1n) is 10.1. The number of rotatable bonds is 4. The Kier molecular flexibility index (Phi) is 4.94. The molecule has 5 rings (SSSR count). The van der Waals surface area contributed by atoms with Crippen LogP contribution in [0.15, 0.2) is 94.6 Å². The van der Waals surface area contributed by atoms with Gasteiger partial charge in [-0.3, -0.25) is 14.1 Å². The maximum absolute atomic E-state index is 13.3. The summed E-state index contributed by atoms with van der Waals surface area (Å²) in [5, 5.41) is 1.98. The van der Waals surface area contributed by atoms with Crippen LogP contribution in [0.1, 0.15) is 5.82 Å². The van der Waals surface area contributed by atoms with Crippen molar-refractivity contribution in [3.63, 3.8) is 0 Å². The largest absolute Gasteiger partial charge is 0.280 e. The first-order valence-corrected chi connectivity index (χ1v) is 11.6. The Morgan fingerprint density at radius 1 is 0.879 bits per heavy atom. The Morgan fingerprint density at radius 3 is 2.36 bits per heavy atom. The van der Waals surface area contributed by atoms with Gasteiger partial charge in [-0.1, -0.05) is 30.3 Å². The van der Waals surface area contributed by atoms with Crippen LogP contribution in [0.25, 0.3) is 27.4 Å². The van der Waals surface area contributed by atoms with Gasteiger partial charge in [0.05, 0.1) is 21.5 Å². The van der Waals surface area contributed by atoms with E-state index in [0.29, 0.717) is 17.0 Å². The smallest absolute Gasteiger partial charge is 0.266 e. The maximum Gasteiger partial charge on any atom is 0.266 e. The van der Waals surface area contributed by atoms with E-state index < -0.39 is 15.8 Å². The minimum atomic E-state index is -3.88. The van der Waals surface area contributed by atoms with Gasteiger partial charge in [-0.25, -0.2) is 17.8 Å². The number of aromatic nitrogens is 2. The molecule has 0 atom stereocenters. The quantitative estimate of drug-likeness (QED) is 0.419. The van der Waals surface area contributed by atoms with Gasteiger partial charge >= 0.3 is 0 Å². The summed E-state index contributed by atoms with van der Waals surface area (Å²) in [4.78, 5) is 17.8. The molecule has 0 unspecified atom stereocenters. The molecule has 0 aliphatic carbocycles. The molecule has 5 aromatic rings. The Bertz CT molecular complexity index is 1690. The number of benzene rings is 4. The molecule has 33 heavy (non-hydrogen) atoms. The summed E-state index contributed by atoms with van der Waals surface area (Å²) in [6, 6.07) is 22.5. The molecule has 0 aliphatic heterocycles. The minimum Gasteiger partial charge on any atom is -0.280 e. The molecule has 0 aliphatic rings. The van der Waals surface area contributed by atoms with Crippen molar-refractivity contribution in [3.05, 3.63) is 107 Å². The van der Waals surface area contributed by atoms with Gasteiger partial charge in [-0.2, -0.15) is 0 Å². The summed E-state index contributed by atoms with van der Waals surface area (Å²) in [5.74, 6) is 0.0205. The summed E-state index contributed by atoms with van der Waals surface area (Å²) >= 11 is 0. The van der Waals surface area contributed by atoms with E-state index in [2.05, 4.69) is 9.71 Å². The molecule has 0 saturated heterocycles. The second kappa shape index (κ2) is 7.83. The van der Waals surface area contributed by atoms with E-state index >= 15 is 0 Å². The van der Waals surface area contributed by atoms with E-state index in [1.807, 2.05) is 24.3 Å². The monoisotopic (exact) mass is 459 g/mol. The maximum atomic E-state index is 13.3. The summed E-state index contributed by atoms with van der Waals surface area (Å²) in [6.45, 7) is 1.68. The van der Waals surface area contributed by atoms with Crippen molar-refractivity contribution in [2.24, 2.45) is 0 Å². The molecular formula is C25H18FN3O3S. The highest BCUT2D eigenvalue weighted by atomic mass is 32.2. The van der Waals surface area contributed by atoms with E-state index in [1.165, 1.54) is 41.0 Å². The SMILES string of the molecule is Cc1nc2ccc(NS(=O)(=O)c3ccc4ccccc4c3)cc2c(=O)n1-c1ccc(F)cc1. The van der Waals surface area contributed by atoms with E-state index in [-0.39, 0.29) is 21.5 Å². The van der Waals surface area contributed by atoms with Crippen molar-refractivity contribution in [1.29, 1.82) is 0 Å². The number of anilines is 1. The second-order valence-corrected chi connectivity index (χ2v) is 9.30. The van der Waals surface area contributed by atoms with Crippen LogP contribution in [0.2, 0.25) is 0 Å². The van der Waals surface area contributed by atoms with Crippen molar-refractivity contribution >= 4 is 37.4 Å². The van der Waals surface area contributed by atoms with E-state index in [0.717, 1.165) is 10.8 Å². The number of halogens is 1. The molecule has 1 aromatic heterocycles. The molecule has 4 aromatic carbocycles. The second-order valence-electron chi connectivity index (χ2n) is 7.62. The molecule has 6 nitrogen and oxygen atoms in total. The van der Waals surface area contributed by atoms with Gasteiger partial charge in [0.2, 0.25) is 0 Å². The van der Waals surface area contributed by atoms with E-state index in [9.17, 15) is 17.6 Å². The number of hydrogen-bond donors (Lipinski definition) is 1. The lowest BCUT2D eigenvalue weighted by molar-refractivity contribution is 0.601. The normalized spacial score (nSPS) is 11.7. The predicted octanol–water partition coefficient (Wildman–Crippen LogP) is 4.79. The van der Waals surface area contributed by atoms with Crippen LogP contribution in [0, 0.1) is 12.7 Å². The Balaban J connectivity index is 1.57. The van der Waals surface area contributed by atoms with Gasteiger partial charge in [0.1, 0.15) is 11.6 Å². The van der Waals surface area contributed by atoms with Gasteiger partial charge in [0.15, 0.2) is 0 Å². The molecule has 0 saturated carbocycles. The number of nitrogens with zero attached hydrogens (tertiary/aromatic N) is 2. The summed E-state index contributed by atoms with van der Waals surface area (Å²) in [6.07, 6.45) is 0. The zero-order valence-corrected chi connectivity index (χ0v) is 18.3. The third-order valence-electron chi connectivity index (χ3n) is 5.40. The standard InChI is InChI=1S/C25H18FN3O3S/c1-16-27-24-13-9-20(15-23(24)25(30)29(16)21-10-7-19(26)8-11-21)28-33(31,32)22-12-6-17-4-2-3-5-18(17)14-22/h2-15,28H,1H3. The van der Waals surface area contributed by atoms with Crippen molar-refractivity contribution in [3.8, 4) is 5.69 Å². The number of nitrogens with one attached hydrogen (secondary N) is 1. The predicted molar refractivity (Wildman–Crippen MR) is 127 cm³/mol. The zero-order chi connectivity index (χ0) is 23.2. The molecule has 8 heteroatoms. The highest BCUT2D eigenvalue weighted by Crippen LogP contribution is 2.23. The fourth-order valence-electron chi connectivity index (χ4n) is 3.80. The van der Waals surface area contributed by atoms with Crippen molar-refractivity contribution in [2.75, 3.05) is 4.72 Å². The molecule has 164 valence electrons. The summed E-state index contributed by atoms with van der Waals surface area (Å²) < 4.78 is 43.2. The lowest BCUT2D eigenvalue weighted by Crippen LogP contribution is -2.22. The van der Waals surface area contributed by atoms with Gasteiger partial charge in [0.25, 0.3) is 15.6 Å². The average Bonchev–Trinajstić information content (AvgIpc) is 2.80. The average molecular weight is 460 g/mol. The lowest BCUT2D eigenvalue weighted by Gasteiger charge is -2.13. The summed E-state index contributed by atoms with van der Waals surface area (Å²) in [5.41, 5.74) is 0.764. The molecule has 0 spiro atoms. The minimum absolute atomic E-state index is 0.118. The zero-order valence-electron chi connectivity index (χ0n) is 17.5. The van der Waals surface area contributed by atoms with Crippen LogP contribution >= 0.6 is 0 Å². The molecule has 0 bridgehead atoms. The van der Waals surface area contributed by atoms with Gasteiger partial charge in [-0.15, -0.1) is 0 Å². The van der Waals surface area contributed by atoms with Crippen LogP contribution in [0.4, 0.5) is 10.1 Å². The van der Waals surface area contributed by atoms with Crippen LogP contribution in [0.5, 0.6) is 0 Å². The number of hydrogen-bond acceptors (Lipinski definition) is 4. The molecule has 1 heterocycles. The Hall–Kier alpha value is -4.04. The van der Waals surface area contributed by atoms with Crippen molar-refractivity contribution < 1.29 is 12.8 Å². The van der Waals surface area contributed by atoms with Crippen LogP contribution in [0.3, 0.4) is 0 Å². The fraction of sp³-hybridized carbons (Fsp3) is 0.0400. The first kappa shape index (κ1) is 20.8. The Labute approximate surface area is 189 Å². The molecule has 1 N–H and O–H groups in total. The number of sulfonamides is 1. The highest BCUT2D eigenvalue weighted by molar-refractivity contribution is 7.92. The lowest BCUT2D eigenvalue weighted by atomic mass is 10.1. The van der Waals surface area contributed by atoms with Crippen molar-refractivity contribution in [2.45, 2.75) is 11.8 Å². The van der Waals surface area contributed by atoms with Crippen LogP contribution in [-0.2, 0) is 10.0 Å². The van der Waals surface area contributed by atoms with E-state index in [1.54, 1.807) is 31.2 Å². The number of aryl methyl sites for hydroxylation is 1. The molecular weight excluding hydrogens is 441 g/mol. The van der Waals surface area contributed by atoms with Gasteiger partial charge in [0, 0.05) is 5.69 Å². The van der Waals surface area contributed by atoms with E-state index in [4.69, 9.17) is 0 Å². The topological polar surface area (TPSA) is 81.1 Å². The Morgan fingerprint density at radius 2 is 1.61 bits per heavy atom. The molecule has 0 radical (unpaired) electrons.